The van der Waals surface area contributed by atoms with Crippen LogP contribution in [0.4, 0.5) is 17.1 Å². The highest BCUT2D eigenvalue weighted by Crippen LogP contribution is 2.30. The molecular formula is C41H55N5O9. The first-order valence-corrected chi connectivity index (χ1v) is 18.6. The minimum atomic E-state index is -0.737. The van der Waals surface area contributed by atoms with Gasteiger partial charge in [-0.15, -0.1) is 11.5 Å². The summed E-state index contributed by atoms with van der Waals surface area (Å²) in [5, 5.41) is 15.7. The molecule has 0 fully saturated rings. The van der Waals surface area contributed by atoms with Crippen molar-refractivity contribution >= 4 is 40.8 Å². The number of carbonyl (C=O) groups excluding carboxylic acids is 4. The number of methoxy groups -OCH3 is 1. The highest BCUT2D eigenvalue weighted by Gasteiger charge is 2.20. The number of esters is 2. The second-order valence-corrected chi connectivity index (χ2v) is 12.2. The normalized spacial score (nSPS) is 10.6. The molecule has 0 atom stereocenters. The van der Waals surface area contributed by atoms with Crippen LogP contribution in [0.3, 0.4) is 0 Å². The molecule has 0 bridgehead atoms. The Morgan fingerprint density at radius 1 is 0.673 bits per heavy atom. The third kappa shape index (κ3) is 17.2. The van der Waals surface area contributed by atoms with E-state index in [1.54, 1.807) is 12.1 Å². The van der Waals surface area contributed by atoms with Crippen LogP contribution in [0, 0.1) is 24.2 Å². The molecule has 2 N–H and O–H groups in total. The van der Waals surface area contributed by atoms with Gasteiger partial charge >= 0.3 is 11.9 Å². The highest BCUT2D eigenvalue weighted by molar-refractivity contribution is 6.00. The van der Waals surface area contributed by atoms with Crippen LogP contribution in [-0.2, 0) is 33.3 Å². The molecule has 14 heteroatoms. The van der Waals surface area contributed by atoms with Gasteiger partial charge in [-0.05, 0) is 44.5 Å². The average Bonchev–Trinajstić information content (AvgIpc) is 3.16. The van der Waals surface area contributed by atoms with Crippen LogP contribution in [-0.4, -0.2) is 95.2 Å². The van der Waals surface area contributed by atoms with Gasteiger partial charge in [0.1, 0.15) is 12.3 Å². The van der Waals surface area contributed by atoms with E-state index in [0.717, 1.165) is 32.1 Å². The van der Waals surface area contributed by atoms with Gasteiger partial charge in [0, 0.05) is 45.2 Å². The first-order valence-electron chi connectivity index (χ1n) is 18.6. The van der Waals surface area contributed by atoms with Crippen molar-refractivity contribution in [1.82, 2.24) is 5.01 Å². The Labute approximate surface area is 325 Å². The third-order valence-electron chi connectivity index (χ3n) is 7.85. The summed E-state index contributed by atoms with van der Waals surface area (Å²) in [5.74, 6) is 6.33. The summed E-state index contributed by atoms with van der Waals surface area (Å²) < 4.78 is 26.9. The number of hydrogen-bond acceptors (Lipinski definition) is 11. The Morgan fingerprint density at radius 3 is 1.84 bits per heavy atom. The van der Waals surface area contributed by atoms with Crippen LogP contribution < -0.4 is 10.6 Å². The highest BCUT2D eigenvalue weighted by atomic mass is 16.6. The summed E-state index contributed by atoms with van der Waals surface area (Å²) in [6.07, 6.45) is 11.9. The first-order chi connectivity index (χ1) is 26.6. The van der Waals surface area contributed by atoms with Gasteiger partial charge in [-0.25, -0.2) is 9.59 Å². The van der Waals surface area contributed by atoms with Crippen molar-refractivity contribution in [2.24, 2.45) is 10.3 Å². The Balaban J connectivity index is 2.54. The van der Waals surface area contributed by atoms with Gasteiger partial charge in [0.2, 0.25) is 11.8 Å². The molecule has 0 aromatic heterocycles. The van der Waals surface area contributed by atoms with E-state index >= 15 is 0 Å². The molecule has 14 nitrogen and oxygen atoms in total. The standard InChI is InChI=1S/C41H55N5O9/c1-8-12-13-14-15-16-19-54-41(50)36-29-38(43-31(6)48)34(27-39(36)44-45-46(10-3)11-4)18-17-33-26-32(9-2)37(42-30(5)47)28-35(33)40(49)55-25-24-53-23-22-52-21-20-51-7/h2,26-29H,8,10-16,19-25H2,1,3-7H3,(H,42,47)(H,43,48). The lowest BCUT2D eigenvalue weighted by Crippen LogP contribution is -2.16. The Morgan fingerprint density at radius 2 is 1.22 bits per heavy atom. The van der Waals surface area contributed by atoms with Gasteiger partial charge in [0.05, 0.1) is 67.7 Å². The lowest BCUT2D eigenvalue weighted by molar-refractivity contribution is -0.115. The van der Waals surface area contributed by atoms with Crippen molar-refractivity contribution in [2.75, 3.05) is 77.1 Å². The summed E-state index contributed by atoms with van der Waals surface area (Å²) in [6, 6.07) is 5.86. The van der Waals surface area contributed by atoms with Crippen molar-refractivity contribution in [3.05, 3.63) is 52.1 Å². The summed E-state index contributed by atoms with van der Waals surface area (Å²) in [4.78, 5) is 51.1. The van der Waals surface area contributed by atoms with Crippen molar-refractivity contribution < 1.29 is 42.9 Å². The van der Waals surface area contributed by atoms with Gasteiger partial charge in [0.15, 0.2) is 0 Å². The van der Waals surface area contributed by atoms with E-state index < -0.39 is 23.8 Å². The van der Waals surface area contributed by atoms with E-state index in [2.05, 4.69) is 45.7 Å². The molecule has 2 aromatic carbocycles. The van der Waals surface area contributed by atoms with Crippen LogP contribution in [0.5, 0.6) is 0 Å². The number of terminal acetylenes is 1. The first kappa shape index (κ1) is 45.9. The minimum absolute atomic E-state index is 0.0237. The van der Waals surface area contributed by atoms with Crippen LogP contribution in [0.1, 0.15) is 111 Å². The number of ether oxygens (including phenoxy) is 5. The monoisotopic (exact) mass is 761 g/mol. The maximum atomic E-state index is 13.4. The quantitative estimate of drug-likeness (QED) is 0.0388. The van der Waals surface area contributed by atoms with E-state index in [-0.39, 0.29) is 64.7 Å². The second kappa shape index (κ2) is 26.5. The van der Waals surface area contributed by atoms with Gasteiger partial charge in [0.25, 0.3) is 0 Å². The molecule has 2 amide bonds. The number of amides is 2. The second-order valence-electron chi connectivity index (χ2n) is 12.2. The van der Waals surface area contributed by atoms with E-state index in [0.29, 0.717) is 39.5 Å². The zero-order chi connectivity index (χ0) is 40.4. The van der Waals surface area contributed by atoms with Gasteiger partial charge < -0.3 is 34.3 Å². The Kier molecular flexibility index (Phi) is 22.1. The van der Waals surface area contributed by atoms with Crippen LogP contribution in [0.2, 0.25) is 0 Å². The molecule has 0 heterocycles. The predicted molar refractivity (Wildman–Crippen MR) is 210 cm³/mol. The Hall–Kier alpha value is -5.28. The predicted octanol–water partition coefficient (Wildman–Crippen LogP) is 6.68. The van der Waals surface area contributed by atoms with E-state index in [1.165, 1.54) is 44.5 Å². The van der Waals surface area contributed by atoms with E-state index in [1.807, 2.05) is 13.8 Å². The van der Waals surface area contributed by atoms with Crippen LogP contribution in [0.15, 0.2) is 34.6 Å². The molecular weight excluding hydrogens is 706 g/mol. The molecule has 55 heavy (non-hydrogen) atoms. The van der Waals surface area contributed by atoms with Gasteiger partial charge in [-0.3, -0.25) is 14.6 Å². The summed E-state index contributed by atoms with van der Waals surface area (Å²) >= 11 is 0. The molecule has 0 unspecified atom stereocenters. The lowest BCUT2D eigenvalue weighted by atomic mass is 10.0. The maximum absolute atomic E-state index is 13.4. The SMILES string of the molecule is C#Cc1cc(C#Cc2cc(N=NN(CC)CC)c(C(=O)OCCCCCCCC)cc2NC(C)=O)c(C(=O)OCCOCCOCCOC)cc1NC(C)=O. The third-order valence-corrected chi connectivity index (χ3v) is 7.85. The number of hydrogen-bond donors (Lipinski definition) is 2. The fourth-order valence-electron chi connectivity index (χ4n) is 4.97. The van der Waals surface area contributed by atoms with Crippen molar-refractivity contribution in [3.63, 3.8) is 0 Å². The fraction of sp³-hybridized carbons (Fsp3) is 0.512. The molecule has 0 radical (unpaired) electrons. The molecule has 0 spiro atoms. The molecule has 2 rings (SSSR count). The number of rotatable bonds is 24. The molecule has 0 aliphatic rings. The van der Waals surface area contributed by atoms with Crippen LogP contribution in [0.25, 0.3) is 0 Å². The molecule has 0 aliphatic heterocycles. The minimum Gasteiger partial charge on any atom is -0.462 e. The molecule has 0 saturated carbocycles. The zero-order valence-electron chi connectivity index (χ0n) is 33.0. The van der Waals surface area contributed by atoms with Crippen LogP contribution >= 0.6 is 0 Å². The van der Waals surface area contributed by atoms with Crippen molar-refractivity contribution in [3.8, 4) is 24.2 Å². The molecule has 0 saturated heterocycles. The number of benzene rings is 2. The summed E-state index contributed by atoms with van der Waals surface area (Å²) in [5.41, 5.74) is 1.45. The number of nitrogens with one attached hydrogen (secondary N) is 2. The maximum Gasteiger partial charge on any atom is 0.340 e. The summed E-state index contributed by atoms with van der Waals surface area (Å²) in [7, 11) is 1.58. The molecule has 0 aliphatic carbocycles. The average molecular weight is 762 g/mol. The fourth-order valence-corrected chi connectivity index (χ4v) is 4.97. The van der Waals surface area contributed by atoms with Crippen molar-refractivity contribution in [1.29, 1.82) is 0 Å². The number of nitrogens with zero attached hydrogens (tertiary/aromatic N) is 3. The number of unbranched alkanes of at least 4 members (excludes halogenated alkanes) is 5. The zero-order valence-corrected chi connectivity index (χ0v) is 33.0. The number of carbonyl (C=O) groups is 4. The van der Waals surface area contributed by atoms with Gasteiger partial charge in [-0.2, -0.15) is 0 Å². The largest absolute Gasteiger partial charge is 0.462 e. The topological polar surface area (TPSA) is 166 Å². The van der Waals surface area contributed by atoms with Gasteiger partial charge in [-0.1, -0.05) is 62.0 Å². The smallest absolute Gasteiger partial charge is 0.340 e. The van der Waals surface area contributed by atoms with Crippen molar-refractivity contribution in [2.45, 2.75) is 73.1 Å². The summed E-state index contributed by atoms with van der Waals surface area (Å²) in [6.45, 7) is 11.6. The molecule has 298 valence electrons. The number of anilines is 2. The van der Waals surface area contributed by atoms with E-state index in [9.17, 15) is 19.2 Å². The Bertz CT molecular complexity index is 1700. The molecule has 2 aromatic rings. The lowest BCUT2D eigenvalue weighted by Gasteiger charge is -2.14. The van der Waals surface area contributed by atoms with E-state index in [4.69, 9.17) is 30.1 Å².